The smallest absolute Gasteiger partial charge is 0.273 e. The quantitative estimate of drug-likeness (QED) is 0.905. The Morgan fingerprint density at radius 3 is 2.95 bits per heavy atom. The van der Waals surface area contributed by atoms with Crippen molar-refractivity contribution in [3.8, 4) is 10.6 Å². The van der Waals surface area contributed by atoms with Crippen molar-refractivity contribution in [2.24, 2.45) is 0 Å². The fourth-order valence-electron chi connectivity index (χ4n) is 2.10. The van der Waals surface area contributed by atoms with Crippen molar-refractivity contribution in [2.75, 3.05) is 26.2 Å². The zero-order valence-corrected chi connectivity index (χ0v) is 13.7. The van der Waals surface area contributed by atoms with Crippen molar-refractivity contribution in [2.45, 2.75) is 6.42 Å². The molecule has 1 fully saturated rings. The maximum absolute atomic E-state index is 12.4. The zero-order chi connectivity index (χ0) is 13.1. The largest absolute Gasteiger partial charge is 0.472 e. The Bertz CT molecular complexity index is 552. The summed E-state index contributed by atoms with van der Waals surface area (Å²) < 4.78 is 5.03. The minimum Gasteiger partial charge on any atom is -0.472 e. The van der Waals surface area contributed by atoms with E-state index in [0.29, 0.717) is 5.69 Å². The zero-order valence-electron chi connectivity index (χ0n) is 11.3. The molecule has 8 heteroatoms. The summed E-state index contributed by atoms with van der Waals surface area (Å²) in [4.78, 5) is 18.6. The molecule has 0 radical (unpaired) electrons. The van der Waals surface area contributed by atoms with Crippen LogP contribution in [0.15, 0.2) is 28.4 Å². The number of halogens is 2. The molecule has 1 amide bonds. The number of nitrogens with zero attached hydrogens (tertiary/aromatic N) is 2. The second-order valence-electron chi connectivity index (χ2n) is 4.45. The molecule has 3 heterocycles. The Hall–Kier alpha value is -1.08. The number of carbonyl (C=O) groups excluding carboxylic acids is 1. The van der Waals surface area contributed by atoms with E-state index in [9.17, 15) is 4.79 Å². The standard InChI is InChI=1S/C13H15N3O2S.2ClH/c17-13(16-5-1-3-14-4-6-16)11-9-19-12(15-11)10-2-7-18-8-10;;/h2,7-9,14H,1,3-6H2;2*1H. The highest BCUT2D eigenvalue weighted by molar-refractivity contribution is 7.13. The van der Waals surface area contributed by atoms with Crippen LogP contribution in [0.5, 0.6) is 0 Å². The number of hydrogen-bond acceptors (Lipinski definition) is 5. The van der Waals surface area contributed by atoms with Crippen LogP contribution in [0, 0.1) is 0 Å². The monoisotopic (exact) mass is 349 g/mol. The maximum Gasteiger partial charge on any atom is 0.273 e. The Balaban J connectivity index is 0.00000110. The molecule has 0 aromatic carbocycles. The first-order valence-electron chi connectivity index (χ1n) is 6.33. The van der Waals surface area contributed by atoms with Crippen LogP contribution < -0.4 is 5.32 Å². The highest BCUT2D eigenvalue weighted by Gasteiger charge is 2.20. The van der Waals surface area contributed by atoms with Gasteiger partial charge in [0.05, 0.1) is 6.26 Å². The number of rotatable bonds is 2. The van der Waals surface area contributed by atoms with E-state index in [1.807, 2.05) is 16.3 Å². The normalized spacial score (nSPS) is 14.8. The van der Waals surface area contributed by atoms with Crippen molar-refractivity contribution in [3.05, 3.63) is 29.7 Å². The Morgan fingerprint density at radius 1 is 1.33 bits per heavy atom. The van der Waals surface area contributed by atoms with Gasteiger partial charge in [0.2, 0.25) is 0 Å². The lowest BCUT2D eigenvalue weighted by atomic mass is 10.3. The number of furan rings is 1. The summed E-state index contributed by atoms with van der Waals surface area (Å²) in [6.45, 7) is 3.37. The van der Waals surface area contributed by atoms with Crippen molar-refractivity contribution in [3.63, 3.8) is 0 Å². The third-order valence-electron chi connectivity index (χ3n) is 3.12. The molecule has 1 N–H and O–H groups in total. The second kappa shape index (κ2) is 8.38. The molecular weight excluding hydrogens is 333 g/mol. The molecule has 1 aliphatic rings. The number of hydrogen-bond donors (Lipinski definition) is 1. The van der Waals surface area contributed by atoms with Crippen LogP contribution in [-0.2, 0) is 0 Å². The van der Waals surface area contributed by atoms with Crippen molar-refractivity contribution >= 4 is 42.1 Å². The molecular formula is C13H17Cl2N3O2S. The van der Waals surface area contributed by atoms with Crippen molar-refractivity contribution in [1.29, 1.82) is 0 Å². The van der Waals surface area contributed by atoms with Gasteiger partial charge in [-0.25, -0.2) is 4.98 Å². The highest BCUT2D eigenvalue weighted by atomic mass is 35.5. The van der Waals surface area contributed by atoms with E-state index in [1.54, 1.807) is 12.5 Å². The summed E-state index contributed by atoms with van der Waals surface area (Å²) in [5.41, 5.74) is 1.45. The molecule has 2 aromatic rings. The summed E-state index contributed by atoms with van der Waals surface area (Å²) in [6, 6.07) is 1.85. The van der Waals surface area contributed by atoms with Crippen LogP contribution in [0.2, 0.25) is 0 Å². The molecule has 1 saturated heterocycles. The van der Waals surface area contributed by atoms with E-state index >= 15 is 0 Å². The number of aromatic nitrogens is 1. The highest BCUT2D eigenvalue weighted by Crippen LogP contribution is 2.24. The van der Waals surface area contributed by atoms with Gasteiger partial charge in [0, 0.05) is 30.6 Å². The minimum atomic E-state index is 0. The molecule has 116 valence electrons. The lowest BCUT2D eigenvalue weighted by molar-refractivity contribution is 0.0761. The van der Waals surface area contributed by atoms with Gasteiger partial charge in [-0.3, -0.25) is 4.79 Å². The van der Waals surface area contributed by atoms with E-state index in [0.717, 1.165) is 43.2 Å². The second-order valence-corrected chi connectivity index (χ2v) is 5.30. The number of amides is 1. The molecule has 1 aliphatic heterocycles. The minimum absolute atomic E-state index is 0. The van der Waals surface area contributed by atoms with E-state index in [1.165, 1.54) is 11.3 Å². The predicted octanol–water partition coefficient (Wildman–Crippen LogP) is 2.68. The van der Waals surface area contributed by atoms with E-state index in [2.05, 4.69) is 10.3 Å². The summed E-state index contributed by atoms with van der Waals surface area (Å²) in [6.07, 6.45) is 4.24. The van der Waals surface area contributed by atoms with Gasteiger partial charge < -0.3 is 14.6 Å². The van der Waals surface area contributed by atoms with Gasteiger partial charge in [0.25, 0.3) is 5.91 Å². The van der Waals surface area contributed by atoms with Gasteiger partial charge in [-0.05, 0) is 19.0 Å². The molecule has 0 saturated carbocycles. The van der Waals surface area contributed by atoms with Gasteiger partial charge in [-0.2, -0.15) is 0 Å². The molecule has 0 unspecified atom stereocenters. The van der Waals surface area contributed by atoms with Gasteiger partial charge in [0.1, 0.15) is 17.0 Å². The van der Waals surface area contributed by atoms with Gasteiger partial charge in [-0.1, -0.05) is 0 Å². The first-order valence-corrected chi connectivity index (χ1v) is 7.20. The molecule has 3 rings (SSSR count). The maximum atomic E-state index is 12.4. The SMILES string of the molecule is Cl.Cl.O=C(c1csc(-c2ccoc2)n1)N1CCCNCC1. The van der Waals surface area contributed by atoms with Crippen LogP contribution in [0.4, 0.5) is 0 Å². The van der Waals surface area contributed by atoms with Crippen LogP contribution in [-0.4, -0.2) is 42.0 Å². The van der Waals surface area contributed by atoms with Crippen LogP contribution in [0.3, 0.4) is 0 Å². The third kappa shape index (κ3) is 4.20. The van der Waals surface area contributed by atoms with E-state index in [4.69, 9.17) is 4.42 Å². The third-order valence-corrected chi connectivity index (χ3v) is 4.01. The molecule has 0 spiro atoms. The average molecular weight is 350 g/mol. The lowest BCUT2D eigenvalue weighted by Crippen LogP contribution is -2.34. The Morgan fingerprint density at radius 2 is 2.19 bits per heavy atom. The van der Waals surface area contributed by atoms with Crippen LogP contribution in [0.1, 0.15) is 16.9 Å². The summed E-state index contributed by atoms with van der Waals surface area (Å²) in [5.74, 6) is 0.0229. The van der Waals surface area contributed by atoms with Crippen molar-refractivity contribution < 1.29 is 9.21 Å². The molecule has 0 atom stereocenters. The number of carbonyl (C=O) groups is 1. The topological polar surface area (TPSA) is 58.4 Å². The first kappa shape index (κ1) is 18.0. The van der Waals surface area contributed by atoms with Gasteiger partial charge in [0.15, 0.2) is 0 Å². The molecule has 2 aromatic heterocycles. The van der Waals surface area contributed by atoms with E-state index in [-0.39, 0.29) is 30.7 Å². The summed E-state index contributed by atoms with van der Waals surface area (Å²) in [5, 5.41) is 5.93. The molecule has 5 nitrogen and oxygen atoms in total. The van der Waals surface area contributed by atoms with Crippen molar-refractivity contribution in [1.82, 2.24) is 15.2 Å². The molecule has 21 heavy (non-hydrogen) atoms. The fraction of sp³-hybridized carbons (Fsp3) is 0.385. The predicted molar refractivity (Wildman–Crippen MR) is 87.7 cm³/mol. The fourth-order valence-corrected chi connectivity index (χ4v) is 2.88. The van der Waals surface area contributed by atoms with Gasteiger partial charge in [-0.15, -0.1) is 36.2 Å². The number of thiazole rings is 1. The Labute approximate surface area is 139 Å². The number of nitrogens with one attached hydrogen (secondary N) is 1. The van der Waals surface area contributed by atoms with Gasteiger partial charge >= 0.3 is 0 Å². The molecule has 0 aliphatic carbocycles. The lowest BCUT2D eigenvalue weighted by Gasteiger charge is -2.18. The van der Waals surface area contributed by atoms with Crippen LogP contribution >= 0.6 is 36.2 Å². The van der Waals surface area contributed by atoms with E-state index < -0.39 is 0 Å². The average Bonchev–Trinajstić information content (AvgIpc) is 3.04. The first-order chi connectivity index (χ1) is 9.34. The Kier molecular flexibility index (Phi) is 7.17. The summed E-state index contributed by atoms with van der Waals surface area (Å²) >= 11 is 1.47. The molecule has 0 bridgehead atoms. The summed E-state index contributed by atoms with van der Waals surface area (Å²) in [7, 11) is 0. The van der Waals surface area contributed by atoms with Crippen LogP contribution in [0.25, 0.3) is 10.6 Å².